The third-order valence-electron chi connectivity index (χ3n) is 5.32. The number of benzene rings is 2. The third kappa shape index (κ3) is 4.04. The molecule has 0 radical (unpaired) electrons. The van der Waals surface area contributed by atoms with Gasteiger partial charge in [-0.05, 0) is 30.1 Å². The van der Waals surface area contributed by atoms with Crippen molar-refractivity contribution in [3.05, 3.63) is 65.1 Å². The molecule has 7 heteroatoms. The molecule has 1 aliphatic heterocycles. The number of piperazine rings is 1. The van der Waals surface area contributed by atoms with Crippen molar-refractivity contribution in [1.29, 1.82) is 0 Å². The summed E-state index contributed by atoms with van der Waals surface area (Å²) < 4.78 is 13.3. The number of hydrogen-bond donors (Lipinski definition) is 1. The van der Waals surface area contributed by atoms with Gasteiger partial charge in [-0.15, -0.1) is 0 Å². The smallest absolute Gasteiger partial charge is 0.257 e. The van der Waals surface area contributed by atoms with Crippen LogP contribution in [-0.2, 0) is 0 Å². The highest BCUT2D eigenvalue weighted by molar-refractivity contribution is 6.34. The van der Waals surface area contributed by atoms with E-state index in [-0.39, 0.29) is 10.9 Å². The first-order chi connectivity index (χ1) is 14.1. The number of pyridine rings is 1. The van der Waals surface area contributed by atoms with Crippen LogP contribution < -0.4 is 10.2 Å². The van der Waals surface area contributed by atoms with E-state index in [4.69, 9.17) is 11.6 Å². The molecule has 1 amide bonds. The van der Waals surface area contributed by atoms with Gasteiger partial charge >= 0.3 is 0 Å². The minimum absolute atomic E-state index is 0.154. The molecule has 2 aromatic carbocycles. The van der Waals surface area contributed by atoms with Crippen molar-refractivity contribution in [1.82, 2.24) is 9.88 Å². The number of nitrogens with zero attached hydrogens (tertiary/aromatic N) is 3. The van der Waals surface area contributed by atoms with E-state index in [0.29, 0.717) is 11.3 Å². The summed E-state index contributed by atoms with van der Waals surface area (Å²) in [5.41, 5.74) is 0.818. The summed E-state index contributed by atoms with van der Waals surface area (Å²) in [6.45, 7) is 7.02. The lowest BCUT2D eigenvalue weighted by molar-refractivity contribution is 0.102. The van der Waals surface area contributed by atoms with Crippen molar-refractivity contribution >= 4 is 39.8 Å². The van der Waals surface area contributed by atoms with Crippen LogP contribution in [0.5, 0.6) is 0 Å². The van der Waals surface area contributed by atoms with Gasteiger partial charge in [0.05, 0.1) is 16.3 Å². The van der Waals surface area contributed by atoms with E-state index in [9.17, 15) is 9.18 Å². The van der Waals surface area contributed by atoms with Gasteiger partial charge in [-0.25, -0.2) is 9.37 Å². The average molecular weight is 413 g/mol. The molecule has 29 heavy (non-hydrogen) atoms. The topological polar surface area (TPSA) is 48.5 Å². The molecule has 0 unspecified atom stereocenters. The highest BCUT2D eigenvalue weighted by Gasteiger charge is 2.21. The number of halogens is 2. The van der Waals surface area contributed by atoms with Crippen molar-refractivity contribution in [2.24, 2.45) is 0 Å². The van der Waals surface area contributed by atoms with Gasteiger partial charge in [-0.2, -0.15) is 0 Å². The highest BCUT2D eigenvalue weighted by Crippen LogP contribution is 2.29. The van der Waals surface area contributed by atoms with Crippen molar-refractivity contribution in [3.63, 3.8) is 0 Å². The summed E-state index contributed by atoms with van der Waals surface area (Å²) in [5, 5.41) is 4.68. The van der Waals surface area contributed by atoms with Crippen molar-refractivity contribution in [2.45, 2.75) is 6.92 Å². The fraction of sp³-hybridized carbons (Fsp3) is 0.273. The predicted molar refractivity (Wildman–Crippen MR) is 115 cm³/mol. The molecular formula is C22H22ClFN4O. The Morgan fingerprint density at radius 2 is 1.86 bits per heavy atom. The van der Waals surface area contributed by atoms with Gasteiger partial charge in [0.25, 0.3) is 5.91 Å². The average Bonchev–Trinajstić information content (AvgIpc) is 2.75. The van der Waals surface area contributed by atoms with Crippen molar-refractivity contribution in [3.8, 4) is 0 Å². The zero-order chi connectivity index (χ0) is 20.4. The van der Waals surface area contributed by atoms with Crippen LogP contribution in [0, 0.1) is 5.82 Å². The molecule has 1 saturated heterocycles. The van der Waals surface area contributed by atoms with Crippen LogP contribution in [0.4, 0.5) is 15.9 Å². The van der Waals surface area contributed by atoms with Gasteiger partial charge < -0.3 is 15.1 Å². The Morgan fingerprint density at radius 3 is 2.55 bits per heavy atom. The lowest BCUT2D eigenvalue weighted by Gasteiger charge is -2.35. The van der Waals surface area contributed by atoms with Crippen LogP contribution in [0.3, 0.4) is 0 Å². The molecule has 1 fully saturated rings. The van der Waals surface area contributed by atoms with Gasteiger partial charge in [-0.3, -0.25) is 4.79 Å². The van der Waals surface area contributed by atoms with E-state index in [2.05, 4.69) is 27.0 Å². The molecule has 1 aromatic heterocycles. The first kappa shape index (κ1) is 19.6. The van der Waals surface area contributed by atoms with E-state index in [0.717, 1.165) is 49.3 Å². The number of hydrogen-bond acceptors (Lipinski definition) is 4. The monoisotopic (exact) mass is 412 g/mol. The number of likely N-dealkylation sites (N-methyl/N-ethyl adjacent to an activating group) is 1. The number of amides is 1. The van der Waals surface area contributed by atoms with Crippen LogP contribution in [0.1, 0.15) is 17.3 Å². The van der Waals surface area contributed by atoms with E-state index in [1.165, 1.54) is 18.2 Å². The second-order valence-corrected chi connectivity index (χ2v) is 7.45. The molecular weight excluding hydrogens is 391 g/mol. The molecule has 5 nitrogen and oxygen atoms in total. The molecule has 0 saturated carbocycles. The number of carbonyl (C=O) groups excluding carboxylic acids is 1. The normalized spacial score (nSPS) is 14.9. The number of fused-ring (bicyclic) bond motifs is 1. The lowest BCUT2D eigenvalue weighted by Crippen LogP contribution is -2.46. The van der Waals surface area contributed by atoms with E-state index in [1.54, 1.807) is 6.20 Å². The molecule has 1 aliphatic rings. The van der Waals surface area contributed by atoms with Crippen LogP contribution in [0.25, 0.3) is 10.8 Å². The zero-order valence-corrected chi connectivity index (χ0v) is 16.9. The van der Waals surface area contributed by atoms with Crippen molar-refractivity contribution < 1.29 is 9.18 Å². The standard InChI is InChI=1S/C22H22ClFN4O/c1-2-27-9-11-28(12-10-27)21-17-6-4-3-5-16(17)18(14-25-21)22(29)26-20-8-7-15(24)13-19(20)23/h3-8,13-14H,2,9-12H2,1H3,(H,26,29). The quantitative estimate of drug-likeness (QED) is 0.689. The van der Waals surface area contributed by atoms with Crippen LogP contribution in [-0.4, -0.2) is 48.5 Å². The van der Waals surface area contributed by atoms with Gasteiger partial charge in [0.2, 0.25) is 0 Å². The van der Waals surface area contributed by atoms with Gasteiger partial charge in [-0.1, -0.05) is 42.8 Å². The highest BCUT2D eigenvalue weighted by atomic mass is 35.5. The number of rotatable bonds is 4. The minimum atomic E-state index is -0.451. The molecule has 0 atom stereocenters. The SMILES string of the molecule is CCN1CCN(c2ncc(C(=O)Nc3ccc(F)cc3Cl)c3ccccc23)CC1. The Hall–Kier alpha value is -2.70. The molecule has 1 N–H and O–H groups in total. The van der Waals surface area contributed by atoms with Crippen LogP contribution in [0.2, 0.25) is 5.02 Å². The molecule has 0 bridgehead atoms. The number of anilines is 2. The van der Waals surface area contributed by atoms with E-state index < -0.39 is 5.82 Å². The maximum Gasteiger partial charge on any atom is 0.257 e. The second kappa shape index (κ2) is 8.35. The summed E-state index contributed by atoms with van der Waals surface area (Å²) in [6, 6.07) is 11.7. The second-order valence-electron chi connectivity index (χ2n) is 7.04. The summed E-state index contributed by atoms with van der Waals surface area (Å²) in [5.74, 6) is 0.116. The van der Waals surface area contributed by atoms with Gasteiger partial charge in [0, 0.05) is 37.8 Å². The Bertz CT molecular complexity index is 1050. The number of carbonyl (C=O) groups is 1. The van der Waals surface area contributed by atoms with Crippen LogP contribution in [0.15, 0.2) is 48.7 Å². The minimum Gasteiger partial charge on any atom is -0.354 e. The van der Waals surface area contributed by atoms with Crippen molar-refractivity contribution in [2.75, 3.05) is 42.9 Å². The fourth-order valence-corrected chi connectivity index (χ4v) is 3.88. The fourth-order valence-electron chi connectivity index (χ4n) is 3.67. The maximum absolute atomic E-state index is 13.3. The first-order valence-electron chi connectivity index (χ1n) is 9.68. The molecule has 2 heterocycles. The summed E-state index contributed by atoms with van der Waals surface area (Å²) in [6.07, 6.45) is 1.61. The molecule has 0 spiro atoms. The summed E-state index contributed by atoms with van der Waals surface area (Å²) >= 11 is 6.05. The summed E-state index contributed by atoms with van der Waals surface area (Å²) in [7, 11) is 0. The van der Waals surface area contributed by atoms with Gasteiger partial charge in [0.15, 0.2) is 0 Å². The Labute approximate surface area is 174 Å². The van der Waals surface area contributed by atoms with E-state index in [1.807, 2.05) is 24.3 Å². The third-order valence-corrected chi connectivity index (χ3v) is 5.63. The lowest BCUT2D eigenvalue weighted by atomic mass is 10.1. The largest absolute Gasteiger partial charge is 0.354 e. The molecule has 150 valence electrons. The number of aromatic nitrogens is 1. The zero-order valence-electron chi connectivity index (χ0n) is 16.2. The first-order valence-corrected chi connectivity index (χ1v) is 10.1. The summed E-state index contributed by atoms with van der Waals surface area (Å²) in [4.78, 5) is 22.2. The molecule has 3 aromatic rings. The Kier molecular flexibility index (Phi) is 5.65. The Morgan fingerprint density at radius 1 is 1.14 bits per heavy atom. The maximum atomic E-state index is 13.3. The molecule has 4 rings (SSSR count). The van der Waals surface area contributed by atoms with E-state index >= 15 is 0 Å². The predicted octanol–water partition coefficient (Wildman–Crippen LogP) is 4.42. The van der Waals surface area contributed by atoms with Gasteiger partial charge in [0.1, 0.15) is 11.6 Å². The van der Waals surface area contributed by atoms with Crippen LogP contribution >= 0.6 is 11.6 Å². The molecule has 0 aliphatic carbocycles. The number of nitrogens with one attached hydrogen (secondary N) is 1. The Balaban J connectivity index is 1.65.